The lowest BCUT2D eigenvalue weighted by molar-refractivity contribution is 0.211. The van der Waals surface area contributed by atoms with Gasteiger partial charge in [-0.15, -0.1) is 11.6 Å². The second-order valence-electron chi connectivity index (χ2n) is 3.88. The number of benzene rings is 1. The van der Waals surface area contributed by atoms with Crippen molar-refractivity contribution in [2.75, 3.05) is 23.5 Å². The Hall–Kier alpha value is -1.04. The predicted octanol–water partition coefficient (Wildman–Crippen LogP) is 2.20. The summed E-state index contributed by atoms with van der Waals surface area (Å²) in [6, 6.07) is 3.98. The summed E-state index contributed by atoms with van der Waals surface area (Å²) in [5, 5.41) is 13.1. The van der Waals surface area contributed by atoms with Crippen LogP contribution in [0.15, 0.2) is 12.1 Å². The molecule has 0 bridgehead atoms. The number of aliphatic hydroxyl groups is 1. The van der Waals surface area contributed by atoms with Gasteiger partial charge < -0.3 is 16.2 Å². The number of nitrogens with zero attached hydrogens (tertiary/aromatic N) is 1. The highest BCUT2D eigenvalue weighted by Gasteiger charge is 2.07. The van der Waals surface area contributed by atoms with Crippen LogP contribution in [0.3, 0.4) is 0 Å². The second-order valence-corrected chi connectivity index (χ2v) is 5.25. The molecule has 6 heteroatoms. The Morgan fingerprint density at radius 3 is 3.06 bits per heavy atom. The SMILES string of the molecule is Cc1cc2sc(N)nc2cc1NCC(O)CCl. The number of nitrogens with two attached hydrogens (primary N) is 1. The normalized spacial score (nSPS) is 12.9. The fraction of sp³-hybridized carbons (Fsp3) is 0.364. The molecule has 17 heavy (non-hydrogen) atoms. The summed E-state index contributed by atoms with van der Waals surface area (Å²) in [5.74, 6) is 0.220. The highest BCUT2D eigenvalue weighted by molar-refractivity contribution is 7.22. The topological polar surface area (TPSA) is 71.2 Å². The van der Waals surface area contributed by atoms with Crippen molar-refractivity contribution in [1.82, 2.24) is 4.98 Å². The smallest absolute Gasteiger partial charge is 0.181 e. The summed E-state index contributed by atoms with van der Waals surface area (Å²) in [5.41, 5.74) is 8.59. The molecule has 1 unspecified atom stereocenters. The molecular formula is C11H14ClN3OS. The van der Waals surface area contributed by atoms with E-state index in [4.69, 9.17) is 17.3 Å². The van der Waals surface area contributed by atoms with Gasteiger partial charge in [-0.2, -0.15) is 0 Å². The lowest BCUT2D eigenvalue weighted by atomic mass is 10.2. The van der Waals surface area contributed by atoms with Crippen molar-refractivity contribution in [2.24, 2.45) is 0 Å². The van der Waals surface area contributed by atoms with Crippen LogP contribution in [0.1, 0.15) is 5.56 Å². The number of rotatable bonds is 4. The average molecular weight is 272 g/mol. The Morgan fingerprint density at radius 1 is 1.59 bits per heavy atom. The average Bonchev–Trinajstić information content (AvgIpc) is 2.64. The van der Waals surface area contributed by atoms with Gasteiger partial charge in [-0.25, -0.2) is 4.98 Å². The molecule has 0 radical (unpaired) electrons. The molecule has 0 aliphatic carbocycles. The number of nitrogens with one attached hydrogen (secondary N) is 1. The van der Waals surface area contributed by atoms with Crippen molar-refractivity contribution in [3.8, 4) is 0 Å². The molecule has 0 amide bonds. The summed E-state index contributed by atoms with van der Waals surface area (Å²) in [6.07, 6.45) is -0.549. The number of anilines is 2. The number of thiazole rings is 1. The van der Waals surface area contributed by atoms with E-state index in [1.807, 2.05) is 19.1 Å². The summed E-state index contributed by atoms with van der Waals surface area (Å²) in [6.45, 7) is 2.43. The molecule has 4 N–H and O–H groups in total. The molecule has 2 rings (SSSR count). The summed E-state index contributed by atoms with van der Waals surface area (Å²) in [7, 11) is 0. The van der Waals surface area contributed by atoms with E-state index in [0.717, 1.165) is 21.5 Å². The van der Waals surface area contributed by atoms with Gasteiger partial charge in [0.2, 0.25) is 0 Å². The molecule has 1 aromatic carbocycles. The van der Waals surface area contributed by atoms with E-state index in [2.05, 4.69) is 10.3 Å². The number of aliphatic hydroxyl groups excluding tert-OH is 1. The quantitative estimate of drug-likeness (QED) is 0.746. The lowest BCUT2D eigenvalue weighted by Crippen LogP contribution is -2.21. The van der Waals surface area contributed by atoms with Gasteiger partial charge in [0, 0.05) is 12.2 Å². The van der Waals surface area contributed by atoms with Gasteiger partial charge in [0.05, 0.1) is 22.2 Å². The van der Waals surface area contributed by atoms with Gasteiger partial charge in [0.25, 0.3) is 0 Å². The maximum atomic E-state index is 9.40. The van der Waals surface area contributed by atoms with Gasteiger partial charge >= 0.3 is 0 Å². The molecule has 0 saturated heterocycles. The Bertz CT molecular complexity index is 529. The number of hydrogen-bond donors (Lipinski definition) is 3. The number of aromatic nitrogens is 1. The van der Waals surface area contributed by atoms with Crippen LogP contribution in [0.5, 0.6) is 0 Å². The second kappa shape index (κ2) is 5.08. The van der Waals surface area contributed by atoms with Crippen molar-refractivity contribution in [3.05, 3.63) is 17.7 Å². The predicted molar refractivity (Wildman–Crippen MR) is 74.0 cm³/mol. The van der Waals surface area contributed by atoms with Crippen LogP contribution in [0.25, 0.3) is 10.2 Å². The maximum absolute atomic E-state index is 9.40. The third-order valence-corrected chi connectivity index (χ3v) is 3.66. The largest absolute Gasteiger partial charge is 0.390 e. The van der Waals surface area contributed by atoms with Crippen LogP contribution in [0.4, 0.5) is 10.8 Å². The highest BCUT2D eigenvalue weighted by atomic mass is 35.5. The zero-order valence-corrected chi connectivity index (χ0v) is 11.0. The van der Waals surface area contributed by atoms with E-state index >= 15 is 0 Å². The van der Waals surface area contributed by atoms with E-state index in [-0.39, 0.29) is 5.88 Å². The summed E-state index contributed by atoms with van der Waals surface area (Å²) < 4.78 is 1.07. The molecule has 1 atom stereocenters. The maximum Gasteiger partial charge on any atom is 0.181 e. The van der Waals surface area contributed by atoms with Crippen molar-refractivity contribution in [1.29, 1.82) is 0 Å². The van der Waals surface area contributed by atoms with E-state index in [9.17, 15) is 5.11 Å². The molecule has 1 aromatic heterocycles. The fourth-order valence-electron chi connectivity index (χ4n) is 1.57. The number of hydrogen-bond acceptors (Lipinski definition) is 5. The zero-order valence-electron chi connectivity index (χ0n) is 9.40. The molecule has 1 heterocycles. The van der Waals surface area contributed by atoms with Gasteiger partial charge in [-0.3, -0.25) is 0 Å². The Balaban J connectivity index is 2.24. The first-order valence-electron chi connectivity index (χ1n) is 5.24. The van der Waals surface area contributed by atoms with E-state index in [0.29, 0.717) is 11.7 Å². The molecule has 0 saturated carbocycles. The summed E-state index contributed by atoms with van der Waals surface area (Å²) >= 11 is 7.01. The Kier molecular flexibility index (Phi) is 3.71. The number of aryl methyl sites for hydroxylation is 1. The van der Waals surface area contributed by atoms with Crippen molar-refractivity contribution < 1.29 is 5.11 Å². The zero-order chi connectivity index (χ0) is 12.4. The number of alkyl halides is 1. The molecule has 0 aliphatic rings. The summed E-state index contributed by atoms with van der Waals surface area (Å²) in [4.78, 5) is 4.23. The van der Waals surface area contributed by atoms with E-state index < -0.39 is 6.10 Å². The Morgan fingerprint density at radius 2 is 2.35 bits per heavy atom. The minimum absolute atomic E-state index is 0.220. The van der Waals surface area contributed by atoms with Crippen molar-refractivity contribution in [3.63, 3.8) is 0 Å². The molecule has 0 aliphatic heterocycles. The molecule has 0 fully saturated rings. The van der Waals surface area contributed by atoms with Gasteiger partial charge in [-0.1, -0.05) is 11.3 Å². The molecular weight excluding hydrogens is 258 g/mol. The molecule has 2 aromatic rings. The number of fused-ring (bicyclic) bond motifs is 1. The Labute approximate surface area is 108 Å². The van der Waals surface area contributed by atoms with E-state index in [1.54, 1.807) is 0 Å². The van der Waals surface area contributed by atoms with E-state index in [1.165, 1.54) is 11.3 Å². The van der Waals surface area contributed by atoms with Crippen LogP contribution in [0.2, 0.25) is 0 Å². The lowest BCUT2D eigenvalue weighted by Gasteiger charge is -2.12. The monoisotopic (exact) mass is 271 g/mol. The van der Waals surface area contributed by atoms with Crippen molar-refractivity contribution >= 4 is 44.0 Å². The van der Waals surface area contributed by atoms with Crippen molar-refractivity contribution in [2.45, 2.75) is 13.0 Å². The fourth-order valence-corrected chi connectivity index (χ4v) is 2.49. The van der Waals surface area contributed by atoms with Crippen LogP contribution in [-0.2, 0) is 0 Å². The highest BCUT2D eigenvalue weighted by Crippen LogP contribution is 2.28. The third kappa shape index (κ3) is 2.80. The standard InChI is InChI=1S/C11H14ClN3OS/c1-6-2-10-9(15-11(13)17-10)3-8(6)14-5-7(16)4-12/h2-3,7,14,16H,4-5H2,1H3,(H2,13,15). The molecule has 0 spiro atoms. The van der Waals surface area contributed by atoms with Crippen LogP contribution < -0.4 is 11.1 Å². The van der Waals surface area contributed by atoms with Gasteiger partial charge in [0.15, 0.2) is 5.13 Å². The first kappa shape index (κ1) is 12.4. The minimum atomic E-state index is -0.549. The number of nitrogen functional groups attached to an aromatic ring is 1. The molecule has 92 valence electrons. The van der Waals surface area contributed by atoms with Crippen LogP contribution in [-0.4, -0.2) is 28.6 Å². The van der Waals surface area contributed by atoms with Gasteiger partial charge in [0.1, 0.15) is 0 Å². The first-order chi connectivity index (χ1) is 8.10. The molecule has 4 nitrogen and oxygen atoms in total. The first-order valence-corrected chi connectivity index (χ1v) is 6.60. The van der Waals surface area contributed by atoms with Gasteiger partial charge in [-0.05, 0) is 24.6 Å². The third-order valence-electron chi connectivity index (χ3n) is 2.46. The number of halogens is 1. The minimum Gasteiger partial charge on any atom is -0.390 e. The van der Waals surface area contributed by atoms with Crippen LogP contribution >= 0.6 is 22.9 Å². The van der Waals surface area contributed by atoms with Crippen LogP contribution in [0, 0.1) is 6.92 Å².